The second-order valence-electron chi connectivity index (χ2n) is 8.33. The highest BCUT2D eigenvalue weighted by atomic mass is 16.3. The number of nitrogens with zero attached hydrogens (tertiary/aromatic N) is 6. The number of likely N-dealkylation sites (tertiary alicyclic amines) is 1. The Hall–Kier alpha value is -1.96. The maximum atomic E-state index is 10.9. The maximum absolute atomic E-state index is 10.9. The summed E-state index contributed by atoms with van der Waals surface area (Å²) in [5.41, 5.74) is 3.69. The molecular formula is C22H34N6O. The summed E-state index contributed by atoms with van der Waals surface area (Å²) in [7, 11) is 0. The third-order valence-corrected chi connectivity index (χ3v) is 6.60. The lowest BCUT2D eigenvalue weighted by atomic mass is 9.98. The van der Waals surface area contributed by atoms with Gasteiger partial charge < -0.3 is 10.0 Å². The zero-order valence-electron chi connectivity index (χ0n) is 18.0. The third-order valence-electron chi connectivity index (χ3n) is 6.60. The Labute approximate surface area is 173 Å². The van der Waals surface area contributed by atoms with Gasteiger partial charge in [-0.2, -0.15) is 5.10 Å². The molecule has 0 aliphatic carbocycles. The highest BCUT2D eigenvalue weighted by molar-refractivity contribution is 5.38. The van der Waals surface area contributed by atoms with Gasteiger partial charge in [0, 0.05) is 75.9 Å². The maximum Gasteiger partial charge on any atom is 0.128 e. The topological polar surface area (TPSA) is 60.7 Å². The van der Waals surface area contributed by atoms with Crippen LogP contribution in [0.4, 0.5) is 5.82 Å². The van der Waals surface area contributed by atoms with Crippen LogP contribution in [-0.2, 0) is 13.1 Å². The fraction of sp³-hybridized carbons (Fsp3) is 0.636. The molecule has 29 heavy (non-hydrogen) atoms. The van der Waals surface area contributed by atoms with Gasteiger partial charge in [0.25, 0.3) is 0 Å². The van der Waals surface area contributed by atoms with Gasteiger partial charge in [-0.05, 0) is 39.3 Å². The number of aliphatic hydroxyl groups excluding tert-OH is 1. The minimum absolute atomic E-state index is 0.262. The van der Waals surface area contributed by atoms with Gasteiger partial charge in [-0.1, -0.05) is 6.07 Å². The van der Waals surface area contributed by atoms with Gasteiger partial charge in [0.05, 0.1) is 11.8 Å². The van der Waals surface area contributed by atoms with Crippen molar-refractivity contribution < 1.29 is 5.11 Å². The molecule has 158 valence electrons. The molecule has 2 aromatic heterocycles. The summed E-state index contributed by atoms with van der Waals surface area (Å²) >= 11 is 0. The van der Waals surface area contributed by atoms with Crippen molar-refractivity contribution in [3.63, 3.8) is 0 Å². The van der Waals surface area contributed by atoms with Gasteiger partial charge in [-0.25, -0.2) is 4.98 Å². The molecule has 0 radical (unpaired) electrons. The fourth-order valence-corrected chi connectivity index (χ4v) is 4.87. The first-order valence-electron chi connectivity index (χ1n) is 10.9. The molecule has 0 bridgehead atoms. The van der Waals surface area contributed by atoms with Crippen LogP contribution >= 0.6 is 0 Å². The summed E-state index contributed by atoms with van der Waals surface area (Å²) in [6.45, 7) is 13.8. The van der Waals surface area contributed by atoms with Crippen molar-refractivity contribution in [2.45, 2.75) is 52.4 Å². The lowest BCUT2D eigenvalue weighted by Crippen LogP contribution is -2.58. The molecule has 1 N–H and O–H groups in total. The number of rotatable bonds is 5. The molecule has 2 fully saturated rings. The van der Waals surface area contributed by atoms with Crippen molar-refractivity contribution in [2.75, 3.05) is 44.2 Å². The SMILES string of the molecule is CCn1nc(C)c(CN2CC[C@@H](N3CCN(c4ccccn4)CC3)[C@H](O)C2)c1C. The van der Waals surface area contributed by atoms with E-state index < -0.39 is 0 Å². The van der Waals surface area contributed by atoms with E-state index >= 15 is 0 Å². The molecule has 0 amide bonds. The molecule has 0 spiro atoms. The number of hydrogen-bond acceptors (Lipinski definition) is 6. The van der Waals surface area contributed by atoms with Crippen LogP contribution < -0.4 is 4.90 Å². The van der Waals surface area contributed by atoms with Crippen LogP contribution in [0.15, 0.2) is 24.4 Å². The molecule has 2 aliphatic rings. The first-order valence-corrected chi connectivity index (χ1v) is 10.9. The number of β-amino-alcohol motifs (C(OH)–C–C–N with tert-alkyl or cyclic N) is 1. The van der Waals surface area contributed by atoms with Crippen LogP contribution in [0.25, 0.3) is 0 Å². The first-order chi connectivity index (χ1) is 14.1. The second kappa shape index (κ2) is 8.81. The summed E-state index contributed by atoms with van der Waals surface area (Å²) in [4.78, 5) is 11.7. The highest BCUT2D eigenvalue weighted by Crippen LogP contribution is 2.23. The lowest BCUT2D eigenvalue weighted by molar-refractivity contribution is -0.0173. The zero-order valence-corrected chi connectivity index (χ0v) is 18.0. The fourth-order valence-electron chi connectivity index (χ4n) is 4.87. The van der Waals surface area contributed by atoms with Crippen molar-refractivity contribution in [1.29, 1.82) is 0 Å². The summed E-state index contributed by atoms with van der Waals surface area (Å²) in [6.07, 6.45) is 2.58. The predicted octanol–water partition coefficient (Wildman–Crippen LogP) is 1.67. The lowest BCUT2D eigenvalue weighted by Gasteiger charge is -2.45. The molecule has 4 rings (SSSR count). The Morgan fingerprint density at radius 1 is 1.10 bits per heavy atom. The van der Waals surface area contributed by atoms with Crippen LogP contribution in [0.3, 0.4) is 0 Å². The number of aryl methyl sites for hydroxylation is 2. The van der Waals surface area contributed by atoms with E-state index in [9.17, 15) is 5.11 Å². The van der Waals surface area contributed by atoms with Crippen molar-refractivity contribution in [3.8, 4) is 0 Å². The minimum Gasteiger partial charge on any atom is -0.390 e. The molecule has 0 unspecified atom stereocenters. The first kappa shape index (κ1) is 20.3. The van der Waals surface area contributed by atoms with E-state index in [1.54, 1.807) is 0 Å². The molecule has 2 aromatic rings. The second-order valence-corrected chi connectivity index (χ2v) is 8.33. The molecular weight excluding hydrogens is 364 g/mol. The van der Waals surface area contributed by atoms with E-state index in [0.717, 1.165) is 70.3 Å². The molecule has 2 atom stereocenters. The summed E-state index contributed by atoms with van der Waals surface area (Å²) in [5, 5.41) is 15.6. The standard InChI is InChI=1S/C22H34N6O/c1-4-28-18(3)19(17(2)24-28)15-25-10-8-20(21(29)16-25)26-11-13-27(14-12-26)22-7-5-6-9-23-22/h5-7,9,20-21,29H,4,8,10-16H2,1-3H3/t20-,21-/m1/s1. The highest BCUT2D eigenvalue weighted by Gasteiger charge is 2.34. The normalized spacial score (nSPS) is 24.2. The van der Waals surface area contributed by atoms with Crippen molar-refractivity contribution >= 4 is 5.82 Å². The monoisotopic (exact) mass is 398 g/mol. The van der Waals surface area contributed by atoms with E-state index in [-0.39, 0.29) is 12.1 Å². The number of pyridine rings is 1. The Morgan fingerprint density at radius 3 is 2.52 bits per heavy atom. The smallest absolute Gasteiger partial charge is 0.128 e. The molecule has 2 aliphatic heterocycles. The average Bonchev–Trinajstić information content (AvgIpc) is 3.02. The zero-order chi connectivity index (χ0) is 20.4. The molecule has 0 saturated carbocycles. The van der Waals surface area contributed by atoms with Gasteiger partial charge >= 0.3 is 0 Å². The summed E-state index contributed by atoms with van der Waals surface area (Å²) in [5.74, 6) is 1.06. The van der Waals surface area contributed by atoms with Gasteiger partial charge in [0.2, 0.25) is 0 Å². The number of aliphatic hydroxyl groups is 1. The number of anilines is 1. The van der Waals surface area contributed by atoms with Gasteiger partial charge in [0.1, 0.15) is 5.82 Å². The van der Waals surface area contributed by atoms with Crippen LogP contribution in [0, 0.1) is 13.8 Å². The average molecular weight is 399 g/mol. The Balaban J connectivity index is 1.31. The van der Waals surface area contributed by atoms with E-state index in [0.29, 0.717) is 0 Å². The molecule has 7 nitrogen and oxygen atoms in total. The Kier molecular flexibility index (Phi) is 6.18. The number of piperidine rings is 1. The summed E-state index contributed by atoms with van der Waals surface area (Å²) < 4.78 is 2.08. The minimum atomic E-state index is -0.299. The van der Waals surface area contributed by atoms with Crippen LogP contribution in [0.1, 0.15) is 30.3 Å². The molecule has 0 aromatic carbocycles. The van der Waals surface area contributed by atoms with Crippen LogP contribution in [0.2, 0.25) is 0 Å². The quantitative estimate of drug-likeness (QED) is 0.827. The molecule has 4 heterocycles. The Bertz CT molecular complexity index is 799. The third kappa shape index (κ3) is 4.32. The van der Waals surface area contributed by atoms with E-state index in [4.69, 9.17) is 0 Å². The van der Waals surface area contributed by atoms with Crippen LogP contribution in [-0.4, -0.2) is 81.1 Å². The van der Waals surface area contributed by atoms with E-state index in [1.165, 1.54) is 11.3 Å². The summed E-state index contributed by atoms with van der Waals surface area (Å²) in [6, 6.07) is 6.34. The van der Waals surface area contributed by atoms with Crippen molar-refractivity contribution in [1.82, 2.24) is 24.6 Å². The number of hydrogen-bond donors (Lipinski definition) is 1. The Morgan fingerprint density at radius 2 is 1.90 bits per heavy atom. The van der Waals surface area contributed by atoms with Gasteiger partial charge in [0.15, 0.2) is 0 Å². The molecule has 2 saturated heterocycles. The van der Waals surface area contributed by atoms with E-state index in [2.05, 4.69) is 56.3 Å². The predicted molar refractivity (Wildman–Crippen MR) is 115 cm³/mol. The van der Waals surface area contributed by atoms with Crippen molar-refractivity contribution in [2.24, 2.45) is 0 Å². The number of aromatic nitrogens is 3. The largest absolute Gasteiger partial charge is 0.390 e. The van der Waals surface area contributed by atoms with E-state index in [1.807, 2.05) is 18.3 Å². The van der Waals surface area contributed by atoms with Gasteiger partial charge in [-0.15, -0.1) is 0 Å². The van der Waals surface area contributed by atoms with Gasteiger partial charge in [-0.3, -0.25) is 14.5 Å². The number of piperazine rings is 1. The molecule has 7 heteroatoms. The van der Waals surface area contributed by atoms with Crippen LogP contribution in [0.5, 0.6) is 0 Å². The van der Waals surface area contributed by atoms with Crippen molar-refractivity contribution in [3.05, 3.63) is 41.3 Å².